The van der Waals surface area contributed by atoms with E-state index in [2.05, 4.69) is 5.73 Å². The molecule has 0 aromatic carbocycles. The Morgan fingerprint density at radius 3 is 1.67 bits per heavy atom. The Bertz CT molecular complexity index is 27.5. The summed E-state index contributed by atoms with van der Waals surface area (Å²) in [4.78, 5) is 8.58. The Balaban J connectivity index is 0. The van der Waals surface area contributed by atoms with E-state index in [9.17, 15) is 0 Å². The van der Waals surface area contributed by atoms with Crippen LogP contribution >= 0.6 is 16.6 Å². The number of primary amides is 1. The van der Waals surface area contributed by atoms with E-state index in [0.717, 1.165) is 0 Å². The molecular weight excluding hydrogens is 320 g/mol. The van der Waals surface area contributed by atoms with Gasteiger partial charge in [-0.3, -0.25) is 4.79 Å². The van der Waals surface area contributed by atoms with E-state index in [4.69, 9.17) is 21.4 Å². The Hall–Kier alpha value is 0.972. The number of amides is 1. The van der Waals surface area contributed by atoms with E-state index in [-0.39, 0.29) is 6.41 Å². The van der Waals surface area contributed by atoms with Crippen molar-refractivity contribution in [1.29, 1.82) is 0 Å². The van der Waals surface area contributed by atoms with Gasteiger partial charge in [-0.2, -0.15) is 0 Å². The van der Waals surface area contributed by atoms with Crippen molar-refractivity contribution in [3.8, 4) is 0 Å². The molecule has 0 saturated heterocycles. The Kier molecular flexibility index (Phi) is 28.0. The number of hydrogen-bond donors (Lipinski definition) is 1. The van der Waals surface area contributed by atoms with E-state index in [1.807, 2.05) is 0 Å². The van der Waals surface area contributed by atoms with E-state index in [1.165, 1.54) is 0 Å². The molecule has 0 atom stereocenters. The molecule has 0 rings (SSSR count). The number of carbonyl (C=O) groups is 1. The maximum atomic E-state index is 8.58. The molecule has 0 aliphatic rings. The van der Waals surface area contributed by atoms with Crippen molar-refractivity contribution >= 4 is 44.8 Å². The number of hydrogen-bond acceptors (Lipinski definition) is 1. The first-order chi connectivity index (χ1) is 2.83. The van der Waals surface area contributed by atoms with Gasteiger partial charge in [-0.15, -0.1) is 0 Å². The van der Waals surface area contributed by atoms with Gasteiger partial charge in [0.25, 0.3) is 0 Å². The zero-order valence-corrected chi connectivity index (χ0v) is 8.22. The monoisotopic (exact) mass is 323 g/mol. The molecule has 2 N–H and O–H groups in total. The van der Waals surface area contributed by atoms with Crippen LogP contribution in [0.1, 0.15) is 0 Å². The molecule has 0 aliphatic carbocycles. The molecule has 0 unspecified atom stereocenters. The minimum atomic E-state index is -0.972. The van der Waals surface area contributed by atoms with Crippen LogP contribution in [0.4, 0.5) is 0 Å². The Morgan fingerprint density at radius 1 is 1.67 bits per heavy atom. The summed E-state index contributed by atoms with van der Waals surface area (Å²) in [7, 11) is 9.92. The van der Waals surface area contributed by atoms with Crippen molar-refractivity contribution in [2.45, 2.75) is 0 Å². The summed E-state index contributed by atoms with van der Waals surface area (Å²) in [5.41, 5.74) is 4.17. The van der Waals surface area contributed by atoms with Crippen LogP contribution < -0.4 is 5.73 Å². The molecule has 6 heavy (non-hydrogen) atoms. The van der Waals surface area contributed by atoms with Crippen molar-refractivity contribution in [3.05, 3.63) is 0 Å². The van der Waals surface area contributed by atoms with Crippen molar-refractivity contribution in [1.82, 2.24) is 0 Å². The van der Waals surface area contributed by atoms with E-state index >= 15 is 0 Å². The summed E-state index contributed by atoms with van der Waals surface area (Å²) in [5, 5.41) is 0. The van der Waals surface area contributed by atoms with Crippen molar-refractivity contribution < 1.29 is 4.79 Å². The predicted molar refractivity (Wildman–Crippen MR) is 27.7 cm³/mol. The van der Waals surface area contributed by atoms with Gasteiger partial charge in [-0.1, -0.05) is 0 Å². The summed E-state index contributed by atoms with van der Waals surface area (Å²) in [6, 6.07) is 0. The van der Waals surface area contributed by atoms with Crippen LogP contribution in [0.2, 0.25) is 0 Å². The third-order valence-corrected chi connectivity index (χ3v) is 0. The van der Waals surface area contributed by atoms with Gasteiger partial charge in [-0.05, 0) is 0 Å². The normalized spacial score (nSPS) is 5.00. The summed E-state index contributed by atoms with van der Waals surface area (Å²) < 4.78 is 0. The van der Waals surface area contributed by atoms with Crippen LogP contribution in [0.15, 0.2) is 0 Å². The van der Waals surface area contributed by atoms with Gasteiger partial charge in [0.1, 0.15) is 0 Å². The van der Waals surface area contributed by atoms with Gasteiger partial charge in [0.15, 0.2) is 0 Å². The van der Waals surface area contributed by atoms with E-state index in [1.54, 1.807) is 0 Å². The van der Waals surface area contributed by atoms with E-state index in [0.29, 0.717) is 0 Å². The van der Waals surface area contributed by atoms with Crippen molar-refractivity contribution in [3.63, 3.8) is 0 Å². The third-order valence-electron chi connectivity index (χ3n) is 0. The van der Waals surface area contributed by atoms with Crippen LogP contribution in [-0.4, -0.2) is 28.2 Å². The quantitative estimate of drug-likeness (QED) is 0.499. The average molecular weight is 323 g/mol. The summed E-state index contributed by atoms with van der Waals surface area (Å²) in [6.07, 6.45) is 0.250. The molecule has 36 valence electrons. The van der Waals surface area contributed by atoms with Crippen LogP contribution in [0.5, 0.6) is 0 Å². The Labute approximate surface area is 55.1 Å². The first-order valence-corrected chi connectivity index (χ1v) is 10.5. The van der Waals surface area contributed by atoms with Crippen molar-refractivity contribution in [2.24, 2.45) is 5.73 Å². The molecular formula is CH3Cl2NOPb. The molecule has 5 heteroatoms. The molecule has 0 aromatic heterocycles. The van der Waals surface area contributed by atoms with Crippen LogP contribution in [-0.2, 0) is 4.79 Å². The van der Waals surface area contributed by atoms with Gasteiger partial charge in [0.05, 0.1) is 0 Å². The molecule has 0 bridgehead atoms. The SMILES string of the molecule is NC=O.[Cl][Pb][Cl]. The van der Waals surface area contributed by atoms with Gasteiger partial charge >= 0.3 is 38.4 Å². The second-order valence-electron chi connectivity index (χ2n) is 0.208. The first-order valence-electron chi connectivity index (χ1n) is 0.947. The fraction of sp³-hybridized carbons (Fsp3) is 0. The van der Waals surface area contributed by atoms with Gasteiger partial charge in [0.2, 0.25) is 6.41 Å². The standard InChI is InChI=1S/CH3NO.2ClH.Pb/c2-1-3;;;/h1H,(H2,2,3);2*1H;/q;;;+2/p-2. The molecule has 0 spiro atoms. The van der Waals surface area contributed by atoms with Crippen LogP contribution in [0, 0.1) is 0 Å². The van der Waals surface area contributed by atoms with Gasteiger partial charge < -0.3 is 5.73 Å². The summed E-state index contributed by atoms with van der Waals surface area (Å²) >= 11 is -0.972. The van der Waals surface area contributed by atoms with Crippen LogP contribution in [0.3, 0.4) is 0 Å². The van der Waals surface area contributed by atoms with Gasteiger partial charge in [0, 0.05) is 0 Å². The molecule has 0 aliphatic heterocycles. The zero-order chi connectivity index (χ0) is 5.41. The molecule has 2 nitrogen and oxygen atoms in total. The predicted octanol–water partition coefficient (Wildman–Crippen LogP) is 0.0997. The van der Waals surface area contributed by atoms with Gasteiger partial charge in [-0.25, -0.2) is 0 Å². The second kappa shape index (κ2) is 16.7. The van der Waals surface area contributed by atoms with E-state index < -0.39 is 21.8 Å². The third kappa shape index (κ3) is 83.0. The van der Waals surface area contributed by atoms with Crippen molar-refractivity contribution in [2.75, 3.05) is 0 Å². The number of halogens is 2. The van der Waals surface area contributed by atoms with Crippen LogP contribution in [0.25, 0.3) is 0 Å². The molecule has 1 amide bonds. The second-order valence-corrected chi connectivity index (χ2v) is 5.78. The maximum absolute atomic E-state index is 8.58. The number of carbonyl (C=O) groups excluding carboxylic acids is 1. The fourth-order valence-electron chi connectivity index (χ4n) is 0. The summed E-state index contributed by atoms with van der Waals surface area (Å²) in [6.45, 7) is 0. The molecule has 2 radical (unpaired) electrons. The molecule has 0 aromatic rings. The summed E-state index contributed by atoms with van der Waals surface area (Å²) in [5.74, 6) is 0. The first kappa shape index (κ1) is 10.1. The topological polar surface area (TPSA) is 43.1 Å². The molecule has 0 heterocycles. The average Bonchev–Trinajstić information content (AvgIpc) is 1.39. The minimum absolute atomic E-state index is 0.250. The number of nitrogens with two attached hydrogens (primary N) is 1. The Morgan fingerprint density at radius 2 is 1.67 bits per heavy atom. The molecule has 0 saturated carbocycles. The fourth-order valence-corrected chi connectivity index (χ4v) is 0. The number of rotatable bonds is 0. The zero-order valence-electron chi connectivity index (χ0n) is 2.82. The molecule has 0 fully saturated rings.